The second-order valence-electron chi connectivity index (χ2n) is 2.96. The van der Waals surface area contributed by atoms with Crippen LogP contribution in [0.15, 0.2) is 36.1 Å². The predicted molar refractivity (Wildman–Crippen MR) is 51.4 cm³/mol. The number of hydrogen-bond donors (Lipinski definition) is 1. The van der Waals surface area contributed by atoms with Gasteiger partial charge in [0.25, 0.3) is 0 Å². The van der Waals surface area contributed by atoms with Crippen LogP contribution in [-0.2, 0) is 9.53 Å². The SMILES string of the molecule is C=C(/C=C\C=C(/C)CC(=O)O)OC(F)(F)F. The fraction of sp³-hybridized carbons (Fsp3) is 0.300. The molecular formula is C10H11F3O3. The molecule has 0 spiro atoms. The van der Waals surface area contributed by atoms with Crippen LogP contribution in [0, 0.1) is 0 Å². The van der Waals surface area contributed by atoms with Crippen LogP contribution in [0.4, 0.5) is 13.2 Å². The van der Waals surface area contributed by atoms with Crippen molar-refractivity contribution in [3.05, 3.63) is 36.1 Å². The van der Waals surface area contributed by atoms with Gasteiger partial charge in [0.2, 0.25) is 0 Å². The molecule has 0 aromatic heterocycles. The number of rotatable bonds is 5. The molecule has 0 aromatic carbocycles. The van der Waals surface area contributed by atoms with Gasteiger partial charge in [-0.05, 0) is 13.0 Å². The third kappa shape index (κ3) is 8.86. The molecule has 0 saturated heterocycles. The lowest BCUT2D eigenvalue weighted by atomic mass is 10.2. The molecule has 0 amide bonds. The normalized spacial score (nSPS) is 12.9. The standard InChI is InChI=1S/C10H11F3O3/c1-7(6-9(14)15)4-3-5-8(2)16-10(11,12)13/h3-5H,2,6H2,1H3,(H,14,15)/b5-3-,7-4+. The zero-order valence-electron chi connectivity index (χ0n) is 8.54. The topological polar surface area (TPSA) is 46.5 Å². The maximum Gasteiger partial charge on any atom is 0.573 e. The summed E-state index contributed by atoms with van der Waals surface area (Å²) in [4.78, 5) is 10.2. The molecule has 0 radical (unpaired) electrons. The number of halogens is 3. The number of hydrogen-bond acceptors (Lipinski definition) is 2. The lowest BCUT2D eigenvalue weighted by Crippen LogP contribution is -2.11. The Balaban J connectivity index is 4.19. The second-order valence-corrected chi connectivity index (χ2v) is 2.96. The predicted octanol–water partition coefficient (Wildman–Crippen LogP) is 3.01. The zero-order valence-corrected chi connectivity index (χ0v) is 8.54. The largest absolute Gasteiger partial charge is 0.573 e. The van der Waals surface area contributed by atoms with Gasteiger partial charge < -0.3 is 9.84 Å². The Labute approximate surface area is 90.5 Å². The summed E-state index contributed by atoms with van der Waals surface area (Å²) < 4.78 is 38.4. The first-order valence-corrected chi connectivity index (χ1v) is 4.21. The smallest absolute Gasteiger partial charge is 0.481 e. The highest BCUT2D eigenvalue weighted by Gasteiger charge is 2.30. The molecule has 0 aliphatic heterocycles. The van der Waals surface area contributed by atoms with Crippen LogP contribution >= 0.6 is 0 Å². The summed E-state index contributed by atoms with van der Waals surface area (Å²) in [5, 5.41) is 8.39. The maximum absolute atomic E-state index is 11.7. The van der Waals surface area contributed by atoms with Crippen molar-refractivity contribution in [1.29, 1.82) is 0 Å². The Hall–Kier alpha value is -1.72. The minimum absolute atomic E-state index is 0.170. The van der Waals surface area contributed by atoms with E-state index in [2.05, 4.69) is 11.3 Å². The van der Waals surface area contributed by atoms with Crippen LogP contribution in [0.5, 0.6) is 0 Å². The highest BCUT2D eigenvalue weighted by Crippen LogP contribution is 2.20. The monoisotopic (exact) mass is 236 g/mol. The molecule has 0 bridgehead atoms. The fourth-order valence-corrected chi connectivity index (χ4v) is 0.800. The van der Waals surface area contributed by atoms with Crippen molar-refractivity contribution in [3.63, 3.8) is 0 Å². The number of ether oxygens (including phenoxy) is 1. The van der Waals surface area contributed by atoms with E-state index in [1.807, 2.05) is 0 Å². The lowest BCUT2D eigenvalue weighted by Gasteiger charge is -2.07. The molecule has 0 aromatic rings. The second kappa shape index (κ2) is 5.99. The van der Waals surface area contributed by atoms with E-state index in [0.29, 0.717) is 5.57 Å². The fourth-order valence-electron chi connectivity index (χ4n) is 0.800. The van der Waals surface area contributed by atoms with Gasteiger partial charge >= 0.3 is 12.3 Å². The summed E-state index contributed by atoms with van der Waals surface area (Å²) in [6, 6.07) is 0. The van der Waals surface area contributed by atoms with E-state index in [-0.39, 0.29) is 6.42 Å². The van der Waals surface area contributed by atoms with E-state index >= 15 is 0 Å². The molecule has 1 N–H and O–H groups in total. The molecule has 90 valence electrons. The lowest BCUT2D eigenvalue weighted by molar-refractivity contribution is -0.303. The molecule has 16 heavy (non-hydrogen) atoms. The maximum atomic E-state index is 11.7. The summed E-state index contributed by atoms with van der Waals surface area (Å²) in [5.41, 5.74) is 0.503. The van der Waals surface area contributed by atoms with Crippen molar-refractivity contribution in [2.45, 2.75) is 19.7 Å². The first-order valence-electron chi connectivity index (χ1n) is 4.21. The number of aliphatic carboxylic acids is 1. The van der Waals surface area contributed by atoms with Crippen LogP contribution in [0.3, 0.4) is 0 Å². The molecule has 6 heteroatoms. The van der Waals surface area contributed by atoms with E-state index in [1.54, 1.807) is 6.92 Å². The van der Waals surface area contributed by atoms with Crippen LogP contribution < -0.4 is 0 Å². The molecule has 0 atom stereocenters. The van der Waals surface area contributed by atoms with Crippen LogP contribution in [-0.4, -0.2) is 17.4 Å². The molecular weight excluding hydrogens is 225 g/mol. The number of alkyl halides is 3. The van der Waals surface area contributed by atoms with Gasteiger partial charge in [-0.1, -0.05) is 24.3 Å². The summed E-state index contributed by atoms with van der Waals surface area (Å²) >= 11 is 0. The van der Waals surface area contributed by atoms with Gasteiger partial charge in [0, 0.05) is 0 Å². The summed E-state index contributed by atoms with van der Waals surface area (Å²) in [6.07, 6.45) is -1.32. The molecule has 0 aliphatic carbocycles. The molecule has 0 saturated carbocycles. The van der Waals surface area contributed by atoms with Crippen molar-refractivity contribution < 1.29 is 27.8 Å². The minimum Gasteiger partial charge on any atom is -0.481 e. The number of allylic oxidation sites excluding steroid dienone is 3. The van der Waals surface area contributed by atoms with Crippen LogP contribution in [0.25, 0.3) is 0 Å². The van der Waals surface area contributed by atoms with Crippen LogP contribution in [0.2, 0.25) is 0 Å². The first kappa shape index (κ1) is 14.3. The highest BCUT2D eigenvalue weighted by molar-refractivity contribution is 5.69. The molecule has 0 aliphatic rings. The van der Waals surface area contributed by atoms with Gasteiger partial charge in [0.15, 0.2) is 0 Å². The van der Waals surface area contributed by atoms with Crippen molar-refractivity contribution >= 4 is 5.97 Å². The molecule has 3 nitrogen and oxygen atoms in total. The average Bonchev–Trinajstić information content (AvgIpc) is 1.98. The third-order valence-electron chi connectivity index (χ3n) is 1.34. The van der Waals surface area contributed by atoms with E-state index in [4.69, 9.17) is 5.11 Å². The Morgan fingerprint density at radius 1 is 1.50 bits per heavy atom. The molecule has 0 fully saturated rings. The Kier molecular flexibility index (Phi) is 5.35. The molecule has 0 rings (SSSR count). The van der Waals surface area contributed by atoms with Crippen LogP contribution in [0.1, 0.15) is 13.3 Å². The summed E-state index contributed by atoms with van der Waals surface area (Å²) in [6.45, 7) is 4.57. The van der Waals surface area contributed by atoms with Gasteiger partial charge in [0.1, 0.15) is 5.76 Å². The Morgan fingerprint density at radius 3 is 2.50 bits per heavy atom. The summed E-state index contributed by atoms with van der Waals surface area (Å²) in [7, 11) is 0. The zero-order chi connectivity index (χ0) is 12.8. The van der Waals surface area contributed by atoms with Crippen molar-refractivity contribution in [1.82, 2.24) is 0 Å². The van der Waals surface area contributed by atoms with Crippen molar-refractivity contribution in [3.8, 4) is 0 Å². The van der Waals surface area contributed by atoms with E-state index in [9.17, 15) is 18.0 Å². The van der Waals surface area contributed by atoms with Crippen molar-refractivity contribution in [2.75, 3.05) is 0 Å². The van der Waals surface area contributed by atoms with Crippen molar-refractivity contribution in [2.24, 2.45) is 0 Å². The number of carboxylic acid groups (broad SMARTS) is 1. The molecule has 0 unspecified atom stereocenters. The van der Waals surface area contributed by atoms with Gasteiger partial charge in [-0.25, -0.2) is 0 Å². The van der Waals surface area contributed by atoms with Gasteiger partial charge in [-0.15, -0.1) is 13.2 Å². The Bertz CT molecular complexity index is 327. The first-order chi connectivity index (χ1) is 7.20. The highest BCUT2D eigenvalue weighted by atomic mass is 19.4. The number of carboxylic acids is 1. The van der Waals surface area contributed by atoms with Gasteiger partial charge in [-0.2, -0.15) is 0 Å². The number of carbonyl (C=O) groups is 1. The van der Waals surface area contributed by atoms with Gasteiger partial charge in [-0.3, -0.25) is 4.79 Å². The van der Waals surface area contributed by atoms with E-state index in [0.717, 1.165) is 6.08 Å². The third-order valence-corrected chi connectivity index (χ3v) is 1.34. The minimum atomic E-state index is -4.76. The molecule has 0 heterocycles. The average molecular weight is 236 g/mol. The summed E-state index contributed by atoms with van der Waals surface area (Å²) in [5.74, 6) is -1.57. The van der Waals surface area contributed by atoms with E-state index < -0.39 is 18.1 Å². The van der Waals surface area contributed by atoms with Gasteiger partial charge in [0.05, 0.1) is 6.42 Å². The Morgan fingerprint density at radius 2 is 2.06 bits per heavy atom. The van der Waals surface area contributed by atoms with E-state index in [1.165, 1.54) is 12.2 Å². The quantitative estimate of drug-likeness (QED) is 0.589.